The maximum absolute atomic E-state index is 9.13. The summed E-state index contributed by atoms with van der Waals surface area (Å²) in [6.07, 6.45) is 0. The predicted molar refractivity (Wildman–Crippen MR) is 84.4 cm³/mol. The van der Waals surface area contributed by atoms with Crippen molar-refractivity contribution in [3.05, 3.63) is 0 Å². The number of carboxylic acids is 6. The van der Waals surface area contributed by atoms with E-state index in [4.69, 9.17) is 59.4 Å². The molecule has 0 radical (unpaired) electrons. The van der Waals surface area contributed by atoms with E-state index >= 15 is 0 Å². The molecule has 0 rings (SSSR count). The van der Waals surface area contributed by atoms with Gasteiger partial charge in [-0.05, 0) is 0 Å². The van der Waals surface area contributed by atoms with Crippen LogP contribution < -0.4 is 65.0 Å². The smallest absolute Gasteiger partial charge is 0.549 e. The van der Waals surface area contributed by atoms with E-state index in [1.54, 1.807) is 0 Å². The number of hydrogen-bond donors (Lipinski definition) is 6. The van der Waals surface area contributed by atoms with E-state index in [1.165, 1.54) is 0 Å². The van der Waals surface area contributed by atoms with E-state index in [1.807, 2.05) is 0 Å². The van der Waals surface area contributed by atoms with Gasteiger partial charge in [-0.2, -0.15) is 0 Å². The summed E-state index contributed by atoms with van der Waals surface area (Å²) in [5.41, 5.74) is 27.1. The third-order valence-electron chi connectivity index (χ3n) is 1.00. The molecule has 31 heavy (non-hydrogen) atoms. The fraction of sp³-hybridized carbons (Fsp3) is 0.500. The minimum atomic E-state index is -1.22. The molecule has 0 bridgehead atoms. The molecule has 18 nitrogen and oxygen atoms in total. The molecular weight excluding hydrogens is 516 g/mol. The average molecular weight is 540 g/mol. The molecule has 0 saturated heterocycles. The van der Waals surface area contributed by atoms with E-state index in [9.17, 15) is 0 Å². The minimum absolute atomic E-state index is 0. The summed E-state index contributed by atoms with van der Waals surface area (Å²) in [6.45, 7) is -2.33. The zero-order valence-corrected chi connectivity index (χ0v) is 18.0. The number of aliphatic carboxylic acids is 6. The Hall–Kier alpha value is -2.73. The van der Waals surface area contributed by atoms with Crippen molar-refractivity contribution in [3.63, 3.8) is 0 Å². The molecule has 0 saturated carbocycles. The molecule has 0 spiro atoms. The zero-order valence-electron chi connectivity index (χ0n) is 16.0. The summed E-state index contributed by atoms with van der Waals surface area (Å²) in [6, 6.07) is 0. The topological polar surface area (TPSA) is 397 Å². The Bertz CT molecular complexity index is 372. The van der Waals surface area contributed by atoms with Gasteiger partial charge in [-0.15, -0.1) is 0 Å². The van der Waals surface area contributed by atoms with Crippen LogP contribution in [0.3, 0.4) is 0 Å². The first kappa shape index (κ1) is 46.5. The van der Waals surface area contributed by atoms with Crippen LogP contribution in [-0.4, -0.2) is 75.1 Å². The molecule has 0 fully saturated rings. The van der Waals surface area contributed by atoms with Gasteiger partial charge in [-0.1, -0.05) is 0 Å². The maximum atomic E-state index is 9.13. The molecule has 0 heterocycles. The van der Waals surface area contributed by atoms with Crippen molar-refractivity contribution in [1.29, 1.82) is 0 Å². The summed E-state index contributed by atoms with van der Waals surface area (Å²) < 4.78 is 0. The average Bonchev–Trinajstić information content (AvgIpc) is 2.69. The first-order chi connectivity index (χ1) is 13.6. The third-order valence-corrected chi connectivity index (χ3v) is 1.00. The molecule has 0 aromatic rings. The fourth-order valence-electron chi connectivity index (χ4n) is 0. The normalized spacial score (nSPS) is 7.16. The van der Waals surface area contributed by atoms with Gasteiger partial charge in [0, 0.05) is 39.3 Å². The van der Waals surface area contributed by atoms with Crippen LogP contribution in [0, 0.1) is 0 Å². The first-order valence-corrected chi connectivity index (χ1v) is 7.02. The van der Waals surface area contributed by atoms with Gasteiger partial charge in [0.25, 0.3) is 0 Å². The van der Waals surface area contributed by atoms with Crippen molar-refractivity contribution >= 4 is 35.8 Å². The molecule has 0 amide bonds. The van der Waals surface area contributed by atoms with E-state index in [0.717, 1.165) is 0 Å². The summed E-state index contributed by atoms with van der Waals surface area (Å²) in [7, 11) is 0. The van der Waals surface area contributed by atoms with Gasteiger partial charge in [0.15, 0.2) is 0 Å². The number of carboxylic acid groups (broad SMARTS) is 6. The molecule has 0 aromatic carbocycles. The second-order valence-corrected chi connectivity index (χ2v) is 3.46. The summed E-state index contributed by atoms with van der Waals surface area (Å²) >= 11 is 0. The minimum Gasteiger partial charge on any atom is -0.549 e. The van der Waals surface area contributed by atoms with Crippen LogP contribution in [0.25, 0.3) is 0 Å². The van der Waals surface area contributed by atoms with E-state index in [2.05, 4.69) is 34.4 Å². The summed E-state index contributed by atoms with van der Waals surface area (Å²) in [4.78, 5) is 54.8. The van der Waals surface area contributed by atoms with Gasteiger partial charge in [0.05, 0.1) is 35.8 Å². The molecular formula is C12H24MoN6O12. The van der Waals surface area contributed by atoms with Crippen molar-refractivity contribution < 1.29 is 80.5 Å². The summed E-state index contributed by atoms with van der Waals surface area (Å²) in [5, 5.41) is 54.8. The van der Waals surface area contributed by atoms with Crippen LogP contribution in [-0.2, 0) is 49.8 Å². The van der Waals surface area contributed by atoms with Crippen LogP contribution in [0.1, 0.15) is 0 Å². The van der Waals surface area contributed by atoms with Crippen LogP contribution in [0.15, 0.2) is 0 Å². The van der Waals surface area contributed by atoms with E-state index in [-0.39, 0.29) is 60.3 Å². The number of rotatable bonds is 6. The largest absolute Gasteiger partial charge is 6.00 e. The van der Waals surface area contributed by atoms with Gasteiger partial charge < -0.3 is 93.8 Å². The number of nitrogens with two attached hydrogens (primary N) is 6. The Morgan fingerprint density at radius 1 is 0.355 bits per heavy atom. The fourth-order valence-corrected chi connectivity index (χ4v) is 0. The van der Waals surface area contributed by atoms with Crippen LogP contribution in [0.5, 0.6) is 0 Å². The molecule has 0 aromatic heterocycles. The quantitative estimate of drug-likeness (QED) is 0.170. The maximum Gasteiger partial charge on any atom is 6.00 e. The van der Waals surface area contributed by atoms with E-state index in [0.29, 0.717) is 0 Å². The first-order valence-electron chi connectivity index (χ1n) is 7.02. The Labute approximate surface area is 190 Å². The molecule has 12 N–H and O–H groups in total. The zero-order chi connectivity index (χ0) is 25.7. The van der Waals surface area contributed by atoms with Crippen LogP contribution >= 0.6 is 0 Å². The number of hydrogen-bond acceptors (Lipinski definition) is 18. The van der Waals surface area contributed by atoms with Crippen molar-refractivity contribution in [2.75, 3.05) is 39.3 Å². The Balaban J connectivity index is -0.0000000443. The Morgan fingerprint density at radius 3 is 0.387 bits per heavy atom. The number of carbonyl (C=O) groups is 6. The second kappa shape index (κ2) is 41.6. The third kappa shape index (κ3) is 203. The van der Waals surface area contributed by atoms with Gasteiger partial charge in [-0.25, -0.2) is 0 Å². The standard InChI is InChI=1S/6C2H5NO2.Mo/c6*3-1-2(4)5;/h6*1,3H2,(H,4,5);/q;;;;;;+6/p-6. The molecule has 0 unspecified atom stereocenters. The SMILES string of the molecule is NCC(=O)[O-].NCC(=O)[O-].NCC(=O)[O-].NCC(=O)[O-].NCC(=O)[O-].NCC(=O)[O-].[Mo+6]. The van der Waals surface area contributed by atoms with Gasteiger partial charge in [0.1, 0.15) is 0 Å². The van der Waals surface area contributed by atoms with E-state index < -0.39 is 35.8 Å². The molecule has 0 aliphatic heterocycles. The molecule has 0 aliphatic rings. The van der Waals surface area contributed by atoms with Crippen molar-refractivity contribution in [3.8, 4) is 0 Å². The van der Waals surface area contributed by atoms with Crippen molar-refractivity contribution in [2.24, 2.45) is 34.4 Å². The molecule has 0 aliphatic carbocycles. The second-order valence-electron chi connectivity index (χ2n) is 3.46. The molecule has 19 heteroatoms. The van der Waals surface area contributed by atoms with Gasteiger partial charge >= 0.3 is 21.1 Å². The monoisotopic (exact) mass is 542 g/mol. The summed E-state index contributed by atoms with van der Waals surface area (Å²) in [5.74, 6) is -7.31. The van der Waals surface area contributed by atoms with Gasteiger partial charge in [-0.3, -0.25) is 0 Å². The Morgan fingerprint density at radius 2 is 0.387 bits per heavy atom. The van der Waals surface area contributed by atoms with Crippen LogP contribution in [0.2, 0.25) is 0 Å². The molecule has 180 valence electrons. The van der Waals surface area contributed by atoms with Crippen LogP contribution in [0.4, 0.5) is 0 Å². The molecule has 0 atom stereocenters. The van der Waals surface area contributed by atoms with Crippen molar-refractivity contribution in [1.82, 2.24) is 0 Å². The predicted octanol–water partition coefficient (Wildman–Crippen LogP) is -13.8. The Kier molecular flexibility index (Phi) is 62.4. The van der Waals surface area contributed by atoms with Gasteiger partial charge in [0.2, 0.25) is 0 Å². The van der Waals surface area contributed by atoms with Crippen molar-refractivity contribution in [2.45, 2.75) is 0 Å². The number of carbonyl (C=O) groups excluding carboxylic acids is 6.